The highest BCUT2D eigenvalue weighted by Gasteiger charge is 2.39. The highest BCUT2D eigenvalue weighted by atomic mass is 16.5. The number of hydrogen-bond acceptors (Lipinski definition) is 2. The van der Waals surface area contributed by atoms with Gasteiger partial charge in [-0.15, -0.1) is 0 Å². The third-order valence-corrected chi connectivity index (χ3v) is 2.23. The molecule has 1 N–H and O–H groups in total. The summed E-state index contributed by atoms with van der Waals surface area (Å²) in [6.45, 7) is 5.63. The van der Waals surface area contributed by atoms with Crippen molar-refractivity contribution in [3.8, 4) is 0 Å². The molecule has 0 bridgehead atoms. The molecule has 0 spiro atoms. The lowest BCUT2D eigenvalue weighted by Gasteiger charge is -2.41. The Bertz CT molecular complexity index is 108. The SMILES string of the molecule is CCCC(O)C1(C)COC1. The summed E-state index contributed by atoms with van der Waals surface area (Å²) in [6.07, 6.45) is 1.79. The summed E-state index contributed by atoms with van der Waals surface area (Å²) in [7, 11) is 0. The van der Waals surface area contributed by atoms with Crippen molar-refractivity contribution in [3.63, 3.8) is 0 Å². The zero-order valence-corrected chi connectivity index (χ0v) is 6.76. The lowest BCUT2D eigenvalue weighted by molar-refractivity contribution is -0.162. The quantitative estimate of drug-likeness (QED) is 0.644. The summed E-state index contributed by atoms with van der Waals surface area (Å²) < 4.78 is 5.05. The highest BCUT2D eigenvalue weighted by Crippen LogP contribution is 2.32. The van der Waals surface area contributed by atoms with Crippen LogP contribution < -0.4 is 0 Å². The van der Waals surface area contributed by atoms with E-state index in [0.29, 0.717) is 0 Å². The topological polar surface area (TPSA) is 29.5 Å². The van der Waals surface area contributed by atoms with Crippen LogP contribution in [0.4, 0.5) is 0 Å². The average Bonchev–Trinajstić information content (AvgIpc) is 1.83. The molecule has 60 valence electrons. The van der Waals surface area contributed by atoms with E-state index < -0.39 is 0 Å². The first-order valence-electron chi connectivity index (χ1n) is 3.95. The van der Waals surface area contributed by atoms with Crippen LogP contribution in [0.3, 0.4) is 0 Å². The van der Waals surface area contributed by atoms with E-state index in [1.54, 1.807) is 0 Å². The number of rotatable bonds is 3. The minimum atomic E-state index is -0.161. The van der Waals surface area contributed by atoms with Crippen molar-refractivity contribution in [1.82, 2.24) is 0 Å². The molecule has 0 aliphatic carbocycles. The first-order valence-corrected chi connectivity index (χ1v) is 3.95. The molecule has 1 rings (SSSR count). The second-order valence-electron chi connectivity index (χ2n) is 3.45. The Hall–Kier alpha value is -0.0800. The summed E-state index contributed by atoms with van der Waals surface area (Å²) in [5, 5.41) is 9.55. The van der Waals surface area contributed by atoms with E-state index >= 15 is 0 Å². The Morgan fingerprint density at radius 2 is 2.20 bits per heavy atom. The van der Waals surface area contributed by atoms with E-state index in [0.717, 1.165) is 26.1 Å². The number of ether oxygens (including phenoxy) is 1. The third-order valence-electron chi connectivity index (χ3n) is 2.23. The van der Waals surface area contributed by atoms with Gasteiger partial charge in [0.1, 0.15) is 0 Å². The van der Waals surface area contributed by atoms with Crippen molar-refractivity contribution in [1.29, 1.82) is 0 Å². The standard InChI is InChI=1S/C8H16O2/c1-3-4-7(9)8(2)5-10-6-8/h7,9H,3-6H2,1-2H3. The molecule has 2 nitrogen and oxygen atoms in total. The van der Waals surface area contributed by atoms with Crippen LogP contribution in [0.1, 0.15) is 26.7 Å². The van der Waals surface area contributed by atoms with Crippen LogP contribution in [0.2, 0.25) is 0 Å². The largest absolute Gasteiger partial charge is 0.392 e. The highest BCUT2D eigenvalue weighted by molar-refractivity contribution is 4.87. The van der Waals surface area contributed by atoms with Crippen molar-refractivity contribution in [2.75, 3.05) is 13.2 Å². The lowest BCUT2D eigenvalue weighted by atomic mass is 9.80. The Kier molecular flexibility index (Phi) is 2.32. The summed E-state index contributed by atoms with van der Waals surface area (Å²) in [4.78, 5) is 0. The summed E-state index contributed by atoms with van der Waals surface area (Å²) >= 11 is 0. The smallest absolute Gasteiger partial charge is 0.0637 e. The molecule has 1 heterocycles. The molecule has 1 unspecified atom stereocenters. The van der Waals surface area contributed by atoms with Crippen LogP contribution in [-0.2, 0) is 4.74 Å². The molecule has 0 aromatic heterocycles. The van der Waals surface area contributed by atoms with E-state index in [-0.39, 0.29) is 11.5 Å². The van der Waals surface area contributed by atoms with Crippen molar-refractivity contribution < 1.29 is 9.84 Å². The molecule has 0 aromatic rings. The minimum absolute atomic E-state index is 0.0655. The molecule has 10 heavy (non-hydrogen) atoms. The molecule has 1 aliphatic rings. The molecular formula is C8H16O2. The summed E-state index contributed by atoms with van der Waals surface area (Å²) in [6, 6.07) is 0. The average molecular weight is 144 g/mol. The predicted octanol–water partition coefficient (Wildman–Crippen LogP) is 1.18. The van der Waals surface area contributed by atoms with Crippen molar-refractivity contribution in [2.24, 2.45) is 5.41 Å². The Labute approximate surface area is 62.2 Å². The molecule has 2 heteroatoms. The molecule has 1 atom stereocenters. The van der Waals surface area contributed by atoms with E-state index in [9.17, 15) is 5.11 Å². The van der Waals surface area contributed by atoms with Gasteiger partial charge in [0, 0.05) is 5.41 Å². The van der Waals surface area contributed by atoms with Crippen LogP contribution in [0, 0.1) is 5.41 Å². The van der Waals surface area contributed by atoms with E-state index in [4.69, 9.17) is 4.74 Å². The van der Waals surface area contributed by atoms with Gasteiger partial charge in [-0.25, -0.2) is 0 Å². The fraction of sp³-hybridized carbons (Fsp3) is 1.00. The van der Waals surface area contributed by atoms with Gasteiger partial charge in [-0.2, -0.15) is 0 Å². The van der Waals surface area contributed by atoms with Gasteiger partial charge >= 0.3 is 0 Å². The molecule has 1 saturated heterocycles. The maximum atomic E-state index is 9.55. The molecule has 1 aliphatic heterocycles. The maximum Gasteiger partial charge on any atom is 0.0637 e. The van der Waals surface area contributed by atoms with E-state index in [1.807, 2.05) is 0 Å². The van der Waals surface area contributed by atoms with Gasteiger partial charge in [0.15, 0.2) is 0 Å². The monoisotopic (exact) mass is 144 g/mol. The normalized spacial score (nSPS) is 25.5. The fourth-order valence-corrected chi connectivity index (χ4v) is 1.24. The molecular weight excluding hydrogens is 128 g/mol. The number of aliphatic hydroxyl groups excluding tert-OH is 1. The zero-order valence-electron chi connectivity index (χ0n) is 6.76. The van der Waals surface area contributed by atoms with Crippen LogP contribution in [0.25, 0.3) is 0 Å². The van der Waals surface area contributed by atoms with Gasteiger partial charge in [-0.05, 0) is 6.42 Å². The third kappa shape index (κ3) is 1.32. The van der Waals surface area contributed by atoms with Gasteiger partial charge < -0.3 is 9.84 Å². The molecule has 1 fully saturated rings. The van der Waals surface area contributed by atoms with Gasteiger partial charge in [0.05, 0.1) is 19.3 Å². The second kappa shape index (κ2) is 2.89. The molecule has 0 aromatic carbocycles. The Morgan fingerprint density at radius 1 is 1.60 bits per heavy atom. The molecule has 0 radical (unpaired) electrons. The Balaban J connectivity index is 2.31. The first kappa shape index (κ1) is 8.02. The van der Waals surface area contributed by atoms with Gasteiger partial charge in [-0.1, -0.05) is 20.3 Å². The maximum absolute atomic E-state index is 9.55. The van der Waals surface area contributed by atoms with Crippen molar-refractivity contribution in [2.45, 2.75) is 32.8 Å². The van der Waals surface area contributed by atoms with Gasteiger partial charge in [-0.3, -0.25) is 0 Å². The first-order chi connectivity index (χ1) is 4.69. The lowest BCUT2D eigenvalue weighted by Crippen LogP contribution is -2.48. The zero-order chi connectivity index (χ0) is 7.61. The van der Waals surface area contributed by atoms with Crippen LogP contribution in [0.5, 0.6) is 0 Å². The predicted molar refractivity (Wildman–Crippen MR) is 39.8 cm³/mol. The van der Waals surface area contributed by atoms with Crippen LogP contribution >= 0.6 is 0 Å². The Morgan fingerprint density at radius 3 is 2.50 bits per heavy atom. The van der Waals surface area contributed by atoms with Crippen LogP contribution in [0.15, 0.2) is 0 Å². The fourth-order valence-electron chi connectivity index (χ4n) is 1.24. The van der Waals surface area contributed by atoms with Crippen molar-refractivity contribution >= 4 is 0 Å². The number of aliphatic hydroxyl groups is 1. The minimum Gasteiger partial charge on any atom is -0.392 e. The summed E-state index contributed by atoms with van der Waals surface area (Å²) in [5.74, 6) is 0. The second-order valence-corrected chi connectivity index (χ2v) is 3.45. The van der Waals surface area contributed by atoms with Gasteiger partial charge in [0.25, 0.3) is 0 Å². The molecule has 0 amide bonds. The van der Waals surface area contributed by atoms with Gasteiger partial charge in [0.2, 0.25) is 0 Å². The van der Waals surface area contributed by atoms with Crippen LogP contribution in [-0.4, -0.2) is 24.4 Å². The molecule has 0 saturated carbocycles. The van der Waals surface area contributed by atoms with E-state index in [1.165, 1.54) is 0 Å². The summed E-state index contributed by atoms with van der Waals surface area (Å²) in [5.41, 5.74) is 0.0655. The van der Waals surface area contributed by atoms with Crippen molar-refractivity contribution in [3.05, 3.63) is 0 Å². The number of hydrogen-bond donors (Lipinski definition) is 1. The van der Waals surface area contributed by atoms with E-state index in [2.05, 4.69) is 13.8 Å².